The molecule has 0 aliphatic rings. The van der Waals surface area contributed by atoms with Crippen LogP contribution in [0.15, 0.2) is 52.3 Å². The lowest BCUT2D eigenvalue weighted by atomic mass is 10.2. The number of aliphatic hydroxyl groups excluding tert-OH is 1. The fourth-order valence-corrected chi connectivity index (χ4v) is 2.39. The van der Waals surface area contributed by atoms with Crippen LogP contribution >= 0.6 is 11.8 Å². The van der Waals surface area contributed by atoms with E-state index in [2.05, 4.69) is 6.07 Å². The summed E-state index contributed by atoms with van der Waals surface area (Å²) in [6, 6.07) is 13.9. The second kappa shape index (κ2) is 5.25. The van der Waals surface area contributed by atoms with Gasteiger partial charge in [0.1, 0.15) is 0 Å². The van der Waals surface area contributed by atoms with Gasteiger partial charge in [-0.2, -0.15) is 0 Å². The Morgan fingerprint density at radius 1 is 1.12 bits per heavy atom. The lowest BCUT2D eigenvalue weighted by Crippen LogP contribution is -1.89. The fraction of sp³-hybridized carbons (Fsp3) is 0.143. The van der Waals surface area contributed by atoms with Gasteiger partial charge in [-0.3, -0.25) is 0 Å². The molecule has 2 aromatic rings. The number of aryl methyl sites for hydroxylation is 1. The lowest BCUT2D eigenvalue weighted by Gasteiger charge is -2.06. The first-order chi connectivity index (χ1) is 8.19. The third-order valence-electron chi connectivity index (χ3n) is 2.50. The van der Waals surface area contributed by atoms with Crippen molar-refractivity contribution >= 4 is 17.4 Å². The molecule has 2 nitrogen and oxygen atoms in total. The third-order valence-corrected chi connectivity index (χ3v) is 3.60. The predicted molar refractivity (Wildman–Crippen MR) is 72.1 cm³/mol. The standard InChI is InChI=1S/C14H15NOS/c1-10-2-7-14(13(15)8-10)17-12-5-3-11(9-16)4-6-12/h2-8,16H,9,15H2,1H3. The SMILES string of the molecule is Cc1ccc(Sc2ccc(CO)cc2)c(N)c1. The fourth-order valence-electron chi connectivity index (χ4n) is 1.55. The smallest absolute Gasteiger partial charge is 0.0681 e. The van der Waals surface area contributed by atoms with Crippen LogP contribution in [0.4, 0.5) is 5.69 Å². The van der Waals surface area contributed by atoms with Crippen molar-refractivity contribution < 1.29 is 5.11 Å². The van der Waals surface area contributed by atoms with Gasteiger partial charge in [0, 0.05) is 15.5 Å². The number of hydrogen-bond acceptors (Lipinski definition) is 3. The van der Waals surface area contributed by atoms with Gasteiger partial charge in [0.2, 0.25) is 0 Å². The van der Waals surface area contributed by atoms with E-state index in [1.807, 2.05) is 43.3 Å². The normalized spacial score (nSPS) is 10.5. The van der Waals surface area contributed by atoms with E-state index in [1.165, 1.54) is 5.56 Å². The molecule has 0 amide bonds. The van der Waals surface area contributed by atoms with Crippen molar-refractivity contribution in [1.82, 2.24) is 0 Å². The van der Waals surface area contributed by atoms with E-state index >= 15 is 0 Å². The van der Waals surface area contributed by atoms with Crippen LogP contribution in [0.2, 0.25) is 0 Å². The minimum Gasteiger partial charge on any atom is -0.398 e. The summed E-state index contributed by atoms with van der Waals surface area (Å²) in [5.41, 5.74) is 8.86. The van der Waals surface area contributed by atoms with Crippen molar-refractivity contribution in [2.75, 3.05) is 5.73 Å². The molecule has 0 aromatic heterocycles. The van der Waals surface area contributed by atoms with Crippen molar-refractivity contribution in [3.05, 3.63) is 53.6 Å². The molecule has 3 heteroatoms. The second-order valence-corrected chi connectivity index (χ2v) is 5.06. The summed E-state index contributed by atoms with van der Waals surface area (Å²) < 4.78 is 0. The van der Waals surface area contributed by atoms with Crippen LogP contribution < -0.4 is 5.73 Å². The zero-order valence-electron chi connectivity index (χ0n) is 9.68. The molecule has 0 saturated heterocycles. The molecule has 0 heterocycles. The molecule has 2 rings (SSSR count). The zero-order valence-corrected chi connectivity index (χ0v) is 10.5. The number of hydrogen-bond donors (Lipinski definition) is 2. The molecule has 88 valence electrons. The summed E-state index contributed by atoms with van der Waals surface area (Å²) >= 11 is 1.64. The number of anilines is 1. The van der Waals surface area contributed by atoms with Crippen LogP contribution in [0.5, 0.6) is 0 Å². The van der Waals surface area contributed by atoms with Gasteiger partial charge in [-0.1, -0.05) is 30.0 Å². The minimum absolute atomic E-state index is 0.0810. The average molecular weight is 245 g/mol. The lowest BCUT2D eigenvalue weighted by molar-refractivity contribution is 0.282. The van der Waals surface area contributed by atoms with Gasteiger partial charge in [-0.25, -0.2) is 0 Å². The van der Waals surface area contributed by atoms with E-state index < -0.39 is 0 Å². The first-order valence-corrected chi connectivity index (χ1v) is 6.24. The molecular formula is C14H15NOS. The van der Waals surface area contributed by atoms with Gasteiger partial charge in [0.05, 0.1) is 6.61 Å². The van der Waals surface area contributed by atoms with Crippen molar-refractivity contribution in [3.8, 4) is 0 Å². The van der Waals surface area contributed by atoms with Crippen LogP contribution in [0.3, 0.4) is 0 Å². The number of nitrogen functional groups attached to an aromatic ring is 1. The zero-order chi connectivity index (χ0) is 12.3. The first-order valence-electron chi connectivity index (χ1n) is 5.43. The van der Waals surface area contributed by atoms with E-state index in [9.17, 15) is 0 Å². The Bertz CT molecular complexity index is 508. The van der Waals surface area contributed by atoms with Gasteiger partial charge in [-0.15, -0.1) is 0 Å². The Labute approximate surface area is 105 Å². The van der Waals surface area contributed by atoms with Crippen molar-refractivity contribution in [1.29, 1.82) is 0 Å². The monoisotopic (exact) mass is 245 g/mol. The molecule has 0 atom stereocenters. The molecule has 0 saturated carbocycles. The van der Waals surface area contributed by atoms with Crippen LogP contribution in [-0.2, 0) is 6.61 Å². The topological polar surface area (TPSA) is 46.2 Å². The Kier molecular flexibility index (Phi) is 3.71. The molecule has 0 aliphatic carbocycles. The third kappa shape index (κ3) is 3.02. The van der Waals surface area contributed by atoms with E-state index in [-0.39, 0.29) is 6.61 Å². The molecule has 0 fully saturated rings. The summed E-state index contributed by atoms with van der Waals surface area (Å²) in [6.07, 6.45) is 0. The van der Waals surface area contributed by atoms with E-state index in [0.717, 1.165) is 21.0 Å². The predicted octanol–water partition coefficient (Wildman–Crippen LogP) is 3.22. The van der Waals surface area contributed by atoms with Gasteiger partial charge >= 0.3 is 0 Å². The van der Waals surface area contributed by atoms with E-state index in [0.29, 0.717) is 0 Å². The minimum atomic E-state index is 0.0810. The molecule has 3 N–H and O–H groups in total. The van der Waals surface area contributed by atoms with Crippen LogP contribution in [0, 0.1) is 6.92 Å². The average Bonchev–Trinajstić information content (AvgIpc) is 2.34. The largest absolute Gasteiger partial charge is 0.398 e. The molecule has 0 unspecified atom stereocenters. The maximum atomic E-state index is 8.97. The Balaban J connectivity index is 2.19. The number of benzene rings is 2. The van der Waals surface area contributed by atoms with E-state index in [1.54, 1.807) is 11.8 Å². The highest BCUT2D eigenvalue weighted by Gasteiger charge is 2.02. The molecule has 17 heavy (non-hydrogen) atoms. The number of nitrogens with two attached hydrogens (primary N) is 1. The summed E-state index contributed by atoms with van der Waals surface area (Å²) in [6.45, 7) is 2.11. The molecule has 2 aromatic carbocycles. The highest BCUT2D eigenvalue weighted by Crippen LogP contribution is 2.32. The molecular weight excluding hydrogens is 230 g/mol. The summed E-state index contributed by atoms with van der Waals surface area (Å²) in [5, 5.41) is 8.97. The second-order valence-electron chi connectivity index (χ2n) is 3.95. The number of aliphatic hydroxyl groups is 1. The molecule has 0 radical (unpaired) electrons. The van der Waals surface area contributed by atoms with E-state index in [4.69, 9.17) is 10.8 Å². The van der Waals surface area contributed by atoms with Gasteiger partial charge in [-0.05, 0) is 42.3 Å². The van der Waals surface area contributed by atoms with Crippen LogP contribution in [-0.4, -0.2) is 5.11 Å². The Morgan fingerprint density at radius 2 is 1.82 bits per heavy atom. The maximum Gasteiger partial charge on any atom is 0.0681 e. The van der Waals surface area contributed by atoms with Gasteiger partial charge < -0.3 is 10.8 Å². The van der Waals surface area contributed by atoms with Crippen molar-refractivity contribution in [2.45, 2.75) is 23.3 Å². The highest BCUT2D eigenvalue weighted by molar-refractivity contribution is 7.99. The summed E-state index contributed by atoms with van der Waals surface area (Å²) in [7, 11) is 0. The maximum absolute atomic E-state index is 8.97. The first kappa shape index (κ1) is 12.0. The number of rotatable bonds is 3. The molecule has 0 bridgehead atoms. The quantitative estimate of drug-likeness (QED) is 0.816. The highest BCUT2D eigenvalue weighted by atomic mass is 32.2. The van der Waals surface area contributed by atoms with Gasteiger partial charge in [0.15, 0.2) is 0 Å². The van der Waals surface area contributed by atoms with Gasteiger partial charge in [0.25, 0.3) is 0 Å². The summed E-state index contributed by atoms with van der Waals surface area (Å²) in [5.74, 6) is 0. The van der Waals surface area contributed by atoms with Crippen LogP contribution in [0.25, 0.3) is 0 Å². The molecule has 0 spiro atoms. The van der Waals surface area contributed by atoms with Crippen molar-refractivity contribution in [3.63, 3.8) is 0 Å². The van der Waals surface area contributed by atoms with Crippen LogP contribution in [0.1, 0.15) is 11.1 Å². The Hall–Kier alpha value is -1.45. The molecule has 0 aliphatic heterocycles. The summed E-state index contributed by atoms with van der Waals surface area (Å²) in [4.78, 5) is 2.19. The van der Waals surface area contributed by atoms with Crippen molar-refractivity contribution in [2.24, 2.45) is 0 Å². The Morgan fingerprint density at radius 3 is 2.41 bits per heavy atom.